The van der Waals surface area contributed by atoms with Crippen LogP contribution in [0.1, 0.15) is 23.6 Å². The summed E-state index contributed by atoms with van der Waals surface area (Å²) in [5, 5.41) is 0.995. The topological polar surface area (TPSA) is 38.8 Å². The van der Waals surface area contributed by atoms with E-state index in [0.717, 1.165) is 16.7 Å². The van der Waals surface area contributed by atoms with Gasteiger partial charge in [-0.3, -0.25) is 9.69 Å². The molecule has 0 bridgehead atoms. The molecule has 1 aliphatic heterocycles. The molecule has 0 unspecified atom stereocenters. The van der Waals surface area contributed by atoms with Gasteiger partial charge in [-0.25, -0.2) is 0 Å². The molecule has 0 spiro atoms. The maximum absolute atomic E-state index is 13.0. The van der Waals surface area contributed by atoms with Crippen molar-refractivity contribution in [3.63, 3.8) is 0 Å². The first-order valence-corrected chi connectivity index (χ1v) is 12.6. The van der Waals surface area contributed by atoms with Crippen LogP contribution in [0, 0.1) is 0 Å². The highest BCUT2D eigenvalue weighted by Crippen LogP contribution is 2.40. The number of nitrogens with zero attached hydrogens (tertiary/aromatic N) is 1. The van der Waals surface area contributed by atoms with Gasteiger partial charge in [0.15, 0.2) is 11.5 Å². The van der Waals surface area contributed by atoms with Crippen molar-refractivity contribution in [1.82, 2.24) is 4.90 Å². The number of thioether (sulfide) groups is 1. The summed E-state index contributed by atoms with van der Waals surface area (Å²) in [4.78, 5) is 15.2. The molecule has 1 heterocycles. The summed E-state index contributed by atoms with van der Waals surface area (Å²) in [5.41, 5.74) is 2.58. The van der Waals surface area contributed by atoms with E-state index < -0.39 is 0 Å². The van der Waals surface area contributed by atoms with Crippen molar-refractivity contribution in [3.8, 4) is 11.5 Å². The van der Waals surface area contributed by atoms with Gasteiger partial charge in [0.2, 0.25) is 0 Å². The second kappa shape index (κ2) is 11.3. The summed E-state index contributed by atoms with van der Waals surface area (Å²) >= 11 is 19.5. The molecule has 174 valence electrons. The van der Waals surface area contributed by atoms with Crippen molar-refractivity contribution < 1.29 is 14.3 Å². The van der Waals surface area contributed by atoms with Crippen molar-refractivity contribution in [2.45, 2.75) is 20.1 Å². The van der Waals surface area contributed by atoms with E-state index in [1.165, 1.54) is 11.8 Å². The minimum absolute atomic E-state index is 0.132. The zero-order valence-corrected chi connectivity index (χ0v) is 21.4. The first kappa shape index (κ1) is 24.6. The van der Waals surface area contributed by atoms with Crippen LogP contribution in [0.25, 0.3) is 6.08 Å². The van der Waals surface area contributed by atoms with Gasteiger partial charge in [-0.1, -0.05) is 95.7 Å². The number of carbonyl (C=O) groups excluding carboxylic acids is 1. The number of hydrogen-bond acceptors (Lipinski definition) is 5. The van der Waals surface area contributed by atoms with Crippen LogP contribution in [0.5, 0.6) is 11.5 Å². The van der Waals surface area contributed by atoms with Gasteiger partial charge in [0.25, 0.3) is 5.91 Å². The summed E-state index contributed by atoms with van der Waals surface area (Å²) in [6, 6.07) is 20.8. The molecule has 0 radical (unpaired) electrons. The van der Waals surface area contributed by atoms with Crippen molar-refractivity contribution in [1.29, 1.82) is 0 Å². The summed E-state index contributed by atoms with van der Waals surface area (Å²) in [6.45, 7) is 2.99. The van der Waals surface area contributed by atoms with E-state index in [9.17, 15) is 4.79 Å². The summed E-state index contributed by atoms with van der Waals surface area (Å²) in [5.74, 6) is 0.789. The zero-order chi connectivity index (χ0) is 24.1. The van der Waals surface area contributed by atoms with Gasteiger partial charge < -0.3 is 9.47 Å². The van der Waals surface area contributed by atoms with Crippen molar-refractivity contribution in [2.75, 3.05) is 6.61 Å². The number of ether oxygens (including phenoxy) is 2. The molecule has 0 N–H and O–H groups in total. The van der Waals surface area contributed by atoms with Crippen LogP contribution < -0.4 is 9.47 Å². The average Bonchev–Trinajstić information content (AvgIpc) is 3.08. The Kier molecular flexibility index (Phi) is 8.16. The standard InChI is InChI=1S/C26H21Cl2NO3S2/c1-2-31-22-13-18(12-21(28)24(22)32-16-19-10-6-7-11-20(19)27)14-23-25(30)29(26(33)34-23)15-17-8-4-3-5-9-17/h3-14H,2,15-16H2,1H3/b23-14-. The third-order valence-electron chi connectivity index (χ3n) is 5.02. The molecular weight excluding hydrogens is 509 g/mol. The molecule has 34 heavy (non-hydrogen) atoms. The molecule has 1 amide bonds. The Morgan fingerprint density at radius 1 is 1.00 bits per heavy atom. The Labute approximate surface area is 218 Å². The van der Waals surface area contributed by atoms with E-state index in [4.69, 9.17) is 44.9 Å². The Morgan fingerprint density at radius 2 is 1.74 bits per heavy atom. The third kappa shape index (κ3) is 5.76. The quantitative estimate of drug-likeness (QED) is 0.225. The zero-order valence-electron chi connectivity index (χ0n) is 18.3. The van der Waals surface area contributed by atoms with Crippen molar-refractivity contribution in [3.05, 3.63) is 98.4 Å². The predicted octanol–water partition coefficient (Wildman–Crippen LogP) is 7.37. The SMILES string of the molecule is CCOc1cc(/C=C2\SC(=S)N(Cc3ccccc3)C2=O)cc(Cl)c1OCc1ccccc1Cl. The van der Waals surface area contributed by atoms with Crippen LogP contribution >= 0.6 is 47.2 Å². The van der Waals surface area contributed by atoms with Gasteiger partial charge >= 0.3 is 0 Å². The lowest BCUT2D eigenvalue weighted by Gasteiger charge is -2.15. The number of carbonyl (C=O) groups is 1. The van der Waals surface area contributed by atoms with Gasteiger partial charge in [0.05, 0.1) is 23.1 Å². The molecule has 1 fully saturated rings. The largest absolute Gasteiger partial charge is 0.490 e. The van der Waals surface area contributed by atoms with E-state index in [2.05, 4.69) is 0 Å². The van der Waals surface area contributed by atoms with E-state index in [1.54, 1.807) is 23.1 Å². The number of hydrogen-bond donors (Lipinski definition) is 0. The average molecular weight is 530 g/mol. The molecule has 3 aromatic carbocycles. The Bertz CT molecular complexity index is 1250. The predicted molar refractivity (Wildman–Crippen MR) is 144 cm³/mol. The molecule has 0 atom stereocenters. The normalized spacial score (nSPS) is 14.7. The van der Waals surface area contributed by atoms with Gasteiger partial charge in [-0.2, -0.15) is 0 Å². The van der Waals surface area contributed by atoms with Gasteiger partial charge in [-0.05, 0) is 42.3 Å². The van der Waals surface area contributed by atoms with Gasteiger partial charge in [0.1, 0.15) is 10.9 Å². The van der Waals surface area contributed by atoms with Crippen LogP contribution in [-0.2, 0) is 17.9 Å². The molecule has 4 nitrogen and oxygen atoms in total. The van der Waals surface area contributed by atoms with E-state index >= 15 is 0 Å². The fourth-order valence-corrected chi connectivity index (χ4v) is 5.11. The highest BCUT2D eigenvalue weighted by molar-refractivity contribution is 8.26. The minimum atomic E-state index is -0.132. The summed E-state index contributed by atoms with van der Waals surface area (Å²) < 4.78 is 12.3. The lowest BCUT2D eigenvalue weighted by Crippen LogP contribution is -2.27. The Balaban J connectivity index is 1.56. The Morgan fingerprint density at radius 3 is 2.47 bits per heavy atom. The molecular formula is C26H21Cl2NO3S2. The third-order valence-corrected chi connectivity index (χ3v) is 7.04. The van der Waals surface area contributed by atoms with Gasteiger partial charge in [-0.15, -0.1) is 0 Å². The number of amides is 1. The highest BCUT2D eigenvalue weighted by Gasteiger charge is 2.32. The number of rotatable bonds is 8. The van der Waals surface area contributed by atoms with Crippen LogP contribution in [0.4, 0.5) is 0 Å². The van der Waals surface area contributed by atoms with E-state index in [1.807, 2.05) is 61.5 Å². The number of thiocarbonyl (C=S) groups is 1. The lowest BCUT2D eigenvalue weighted by atomic mass is 10.1. The molecule has 1 saturated heterocycles. The van der Waals surface area contributed by atoms with Crippen LogP contribution in [-0.4, -0.2) is 21.7 Å². The second-order valence-corrected chi connectivity index (χ2v) is 9.89. The summed E-state index contributed by atoms with van der Waals surface area (Å²) in [6.07, 6.45) is 1.77. The van der Waals surface area contributed by atoms with Crippen LogP contribution in [0.15, 0.2) is 71.6 Å². The first-order chi connectivity index (χ1) is 16.5. The molecule has 4 rings (SSSR count). The highest BCUT2D eigenvalue weighted by atomic mass is 35.5. The van der Waals surface area contributed by atoms with E-state index in [0.29, 0.717) is 43.9 Å². The second-order valence-electron chi connectivity index (χ2n) is 7.40. The molecule has 3 aromatic rings. The van der Waals surface area contributed by atoms with Crippen LogP contribution in [0.3, 0.4) is 0 Å². The summed E-state index contributed by atoms with van der Waals surface area (Å²) in [7, 11) is 0. The number of halogens is 2. The van der Waals surface area contributed by atoms with E-state index in [-0.39, 0.29) is 12.5 Å². The maximum Gasteiger partial charge on any atom is 0.266 e. The maximum atomic E-state index is 13.0. The molecule has 1 aliphatic rings. The lowest BCUT2D eigenvalue weighted by molar-refractivity contribution is -0.122. The van der Waals surface area contributed by atoms with Crippen molar-refractivity contribution in [2.24, 2.45) is 0 Å². The smallest absolute Gasteiger partial charge is 0.266 e. The van der Waals surface area contributed by atoms with Crippen LogP contribution in [0.2, 0.25) is 10.0 Å². The molecule has 0 aliphatic carbocycles. The molecule has 0 aromatic heterocycles. The Hall–Kier alpha value is -2.51. The minimum Gasteiger partial charge on any atom is -0.490 e. The number of benzene rings is 3. The molecule has 0 saturated carbocycles. The fraction of sp³-hybridized carbons (Fsp3) is 0.154. The molecule has 8 heteroatoms. The monoisotopic (exact) mass is 529 g/mol. The van der Waals surface area contributed by atoms with Gasteiger partial charge in [0, 0.05) is 10.6 Å². The fourth-order valence-electron chi connectivity index (χ4n) is 3.39. The van der Waals surface area contributed by atoms with Crippen molar-refractivity contribution >= 4 is 63.5 Å². The first-order valence-electron chi connectivity index (χ1n) is 10.6.